The maximum atomic E-state index is 8.87. The summed E-state index contributed by atoms with van der Waals surface area (Å²) in [4.78, 5) is 6.44. The number of nitrogens with zero attached hydrogens (tertiary/aromatic N) is 3. The monoisotopic (exact) mass is 288 g/mol. The summed E-state index contributed by atoms with van der Waals surface area (Å²) >= 11 is 0. The Morgan fingerprint density at radius 1 is 1.48 bits per heavy atom. The van der Waals surface area contributed by atoms with E-state index >= 15 is 0 Å². The molecule has 1 aromatic heterocycles. The predicted molar refractivity (Wildman–Crippen MR) is 83.1 cm³/mol. The molecule has 0 bridgehead atoms. The number of hydrogen-bond donors (Lipinski definition) is 1. The van der Waals surface area contributed by atoms with E-state index in [-0.39, 0.29) is 0 Å². The minimum Gasteiger partial charge on any atom is -0.382 e. The van der Waals surface area contributed by atoms with E-state index in [0.29, 0.717) is 17.8 Å². The summed E-state index contributed by atoms with van der Waals surface area (Å²) in [5, 5.41) is 12.4. The van der Waals surface area contributed by atoms with E-state index in [2.05, 4.69) is 35.1 Å². The molecule has 1 aliphatic heterocycles. The van der Waals surface area contributed by atoms with Gasteiger partial charge in [0, 0.05) is 37.6 Å². The first kappa shape index (κ1) is 15.7. The molecule has 114 valence electrons. The second-order valence-electron chi connectivity index (χ2n) is 5.72. The largest absolute Gasteiger partial charge is 0.382 e. The minimum atomic E-state index is 0.310. The first-order valence-corrected chi connectivity index (χ1v) is 7.64. The van der Waals surface area contributed by atoms with Crippen molar-refractivity contribution in [2.45, 2.75) is 38.8 Å². The topological polar surface area (TPSA) is 61.2 Å². The third-order valence-corrected chi connectivity index (χ3v) is 3.69. The predicted octanol–water partition coefficient (Wildman–Crippen LogP) is 2.25. The number of ether oxygens (including phenoxy) is 1. The smallest absolute Gasteiger partial charge is 0.142 e. The van der Waals surface area contributed by atoms with E-state index in [1.165, 1.54) is 0 Å². The molecule has 0 amide bonds. The summed E-state index contributed by atoms with van der Waals surface area (Å²) in [7, 11) is 0. The van der Waals surface area contributed by atoms with Crippen molar-refractivity contribution >= 4 is 5.69 Å². The molecular weight excluding hydrogens is 264 g/mol. The molecule has 0 unspecified atom stereocenters. The summed E-state index contributed by atoms with van der Waals surface area (Å²) in [5.41, 5.74) is 1.45. The summed E-state index contributed by atoms with van der Waals surface area (Å²) in [5.74, 6) is 0. The standard InChI is InChI=1S/C16H24N4O/c1-13(2)21-10-9-20-7-4-14(5-8-20)19-15-3-6-18-16(11-15)12-17/h3,6,11,13-14H,4-5,7-10H2,1-2H3,(H,18,19). The number of piperidine rings is 1. The zero-order valence-corrected chi connectivity index (χ0v) is 12.9. The van der Waals surface area contributed by atoms with Crippen LogP contribution in [0.15, 0.2) is 18.3 Å². The highest BCUT2D eigenvalue weighted by atomic mass is 16.5. The first-order valence-electron chi connectivity index (χ1n) is 7.64. The van der Waals surface area contributed by atoms with Crippen LogP contribution in [0.5, 0.6) is 0 Å². The Balaban J connectivity index is 1.72. The van der Waals surface area contributed by atoms with Crippen LogP contribution < -0.4 is 5.32 Å². The van der Waals surface area contributed by atoms with Gasteiger partial charge in [0.1, 0.15) is 11.8 Å². The Hall–Kier alpha value is -1.64. The Morgan fingerprint density at radius 2 is 2.24 bits per heavy atom. The van der Waals surface area contributed by atoms with Crippen LogP contribution in [0.2, 0.25) is 0 Å². The fourth-order valence-electron chi connectivity index (χ4n) is 2.54. The van der Waals surface area contributed by atoms with Crippen LogP contribution in [0.3, 0.4) is 0 Å². The van der Waals surface area contributed by atoms with E-state index < -0.39 is 0 Å². The molecule has 0 aromatic carbocycles. The van der Waals surface area contributed by atoms with Gasteiger partial charge in [-0.15, -0.1) is 0 Å². The Kier molecular flexibility index (Phi) is 5.97. The molecule has 0 atom stereocenters. The maximum Gasteiger partial charge on any atom is 0.142 e. The van der Waals surface area contributed by atoms with Gasteiger partial charge >= 0.3 is 0 Å². The highest BCUT2D eigenvalue weighted by molar-refractivity contribution is 5.46. The zero-order chi connectivity index (χ0) is 15.1. The van der Waals surface area contributed by atoms with E-state index in [4.69, 9.17) is 10.00 Å². The average molecular weight is 288 g/mol. The fourth-order valence-corrected chi connectivity index (χ4v) is 2.54. The lowest BCUT2D eigenvalue weighted by atomic mass is 10.0. The lowest BCUT2D eigenvalue weighted by Crippen LogP contribution is -2.40. The van der Waals surface area contributed by atoms with Crippen molar-refractivity contribution in [3.8, 4) is 6.07 Å². The van der Waals surface area contributed by atoms with Crippen molar-refractivity contribution in [1.82, 2.24) is 9.88 Å². The van der Waals surface area contributed by atoms with Crippen LogP contribution in [0.25, 0.3) is 0 Å². The molecule has 2 rings (SSSR count). The molecule has 0 radical (unpaired) electrons. The lowest BCUT2D eigenvalue weighted by molar-refractivity contribution is 0.0543. The van der Waals surface area contributed by atoms with Crippen LogP contribution in [0, 0.1) is 11.3 Å². The van der Waals surface area contributed by atoms with Crippen molar-refractivity contribution in [2.75, 3.05) is 31.6 Å². The SMILES string of the molecule is CC(C)OCCN1CCC(Nc2ccnc(C#N)c2)CC1. The highest BCUT2D eigenvalue weighted by Crippen LogP contribution is 2.16. The maximum absolute atomic E-state index is 8.87. The second kappa shape index (κ2) is 7.96. The second-order valence-corrected chi connectivity index (χ2v) is 5.72. The first-order chi connectivity index (χ1) is 10.2. The van der Waals surface area contributed by atoms with Gasteiger partial charge in [0.25, 0.3) is 0 Å². The number of aromatic nitrogens is 1. The van der Waals surface area contributed by atoms with Crippen molar-refractivity contribution in [2.24, 2.45) is 0 Å². The van der Waals surface area contributed by atoms with Gasteiger partial charge in [0.05, 0.1) is 12.7 Å². The van der Waals surface area contributed by atoms with Crippen LogP contribution in [-0.4, -0.2) is 48.3 Å². The summed E-state index contributed by atoms with van der Waals surface area (Å²) < 4.78 is 5.60. The van der Waals surface area contributed by atoms with Gasteiger partial charge in [0.15, 0.2) is 0 Å². The quantitative estimate of drug-likeness (QED) is 0.870. The van der Waals surface area contributed by atoms with E-state index in [1.807, 2.05) is 12.1 Å². The van der Waals surface area contributed by atoms with Crippen molar-refractivity contribution in [3.63, 3.8) is 0 Å². The normalized spacial score (nSPS) is 16.9. The summed E-state index contributed by atoms with van der Waals surface area (Å²) in [6.45, 7) is 8.15. The van der Waals surface area contributed by atoms with Gasteiger partial charge in [-0.25, -0.2) is 4.98 Å². The molecule has 2 heterocycles. The average Bonchev–Trinajstić information content (AvgIpc) is 2.49. The molecule has 1 aromatic rings. The number of pyridine rings is 1. The van der Waals surface area contributed by atoms with Gasteiger partial charge in [-0.05, 0) is 38.8 Å². The number of anilines is 1. The van der Waals surface area contributed by atoms with Crippen LogP contribution in [0.1, 0.15) is 32.4 Å². The van der Waals surface area contributed by atoms with Crippen molar-refractivity contribution in [3.05, 3.63) is 24.0 Å². The molecule has 0 saturated carbocycles. The van der Waals surface area contributed by atoms with Gasteiger partial charge in [-0.3, -0.25) is 0 Å². The molecule has 1 N–H and O–H groups in total. The molecular formula is C16H24N4O. The Bertz CT molecular complexity index is 475. The summed E-state index contributed by atoms with van der Waals surface area (Å²) in [6.07, 6.45) is 4.22. The van der Waals surface area contributed by atoms with Gasteiger partial charge in [-0.2, -0.15) is 5.26 Å². The molecule has 0 spiro atoms. The van der Waals surface area contributed by atoms with Crippen molar-refractivity contribution < 1.29 is 4.74 Å². The van der Waals surface area contributed by atoms with Crippen LogP contribution in [0.4, 0.5) is 5.69 Å². The number of rotatable bonds is 6. The third kappa shape index (κ3) is 5.33. The van der Waals surface area contributed by atoms with E-state index in [1.54, 1.807) is 6.20 Å². The molecule has 1 saturated heterocycles. The van der Waals surface area contributed by atoms with Gasteiger partial charge < -0.3 is 15.0 Å². The van der Waals surface area contributed by atoms with Gasteiger partial charge in [0.2, 0.25) is 0 Å². The molecule has 1 fully saturated rings. The molecule has 5 heteroatoms. The van der Waals surface area contributed by atoms with Crippen LogP contribution >= 0.6 is 0 Å². The number of nitriles is 1. The van der Waals surface area contributed by atoms with E-state index in [9.17, 15) is 0 Å². The third-order valence-electron chi connectivity index (χ3n) is 3.69. The molecule has 5 nitrogen and oxygen atoms in total. The van der Waals surface area contributed by atoms with E-state index in [0.717, 1.165) is 44.8 Å². The Morgan fingerprint density at radius 3 is 2.90 bits per heavy atom. The van der Waals surface area contributed by atoms with Crippen LogP contribution in [-0.2, 0) is 4.74 Å². The number of likely N-dealkylation sites (tertiary alicyclic amines) is 1. The molecule has 21 heavy (non-hydrogen) atoms. The minimum absolute atomic E-state index is 0.310. The zero-order valence-electron chi connectivity index (χ0n) is 12.9. The summed E-state index contributed by atoms with van der Waals surface area (Å²) in [6, 6.07) is 6.27. The molecule has 0 aliphatic carbocycles. The molecule has 1 aliphatic rings. The number of nitrogens with one attached hydrogen (secondary N) is 1. The van der Waals surface area contributed by atoms with Gasteiger partial charge in [-0.1, -0.05) is 0 Å². The highest BCUT2D eigenvalue weighted by Gasteiger charge is 2.18. The fraction of sp³-hybridized carbons (Fsp3) is 0.625. The number of hydrogen-bond acceptors (Lipinski definition) is 5. The lowest BCUT2D eigenvalue weighted by Gasteiger charge is -2.32. The Labute approximate surface area is 126 Å². The van der Waals surface area contributed by atoms with Crippen molar-refractivity contribution in [1.29, 1.82) is 5.26 Å².